The van der Waals surface area contributed by atoms with Gasteiger partial charge in [0, 0.05) is 18.4 Å². The van der Waals surface area contributed by atoms with Crippen LogP contribution in [-0.2, 0) is 6.42 Å². The third-order valence-corrected chi connectivity index (χ3v) is 5.21. The number of primary amides is 1. The van der Waals surface area contributed by atoms with E-state index in [1.807, 2.05) is 18.5 Å². The normalized spacial score (nSPS) is 14.0. The molecule has 124 valence electrons. The maximum absolute atomic E-state index is 11.9. The third-order valence-electron chi connectivity index (χ3n) is 4.13. The van der Waals surface area contributed by atoms with E-state index in [0.29, 0.717) is 11.7 Å². The average Bonchev–Trinajstić information content (AvgIpc) is 3.00. The van der Waals surface area contributed by atoms with Gasteiger partial charge in [0.25, 0.3) is 5.91 Å². The Morgan fingerprint density at radius 2 is 2.29 bits per heavy atom. The molecule has 1 saturated carbocycles. The van der Waals surface area contributed by atoms with Gasteiger partial charge in [-0.2, -0.15) is 5.10 Å². The number of nitrogens with zero attached hydrogens (tertiary/aromatic N) is 3. The number of rotatable bonds is 6. The number of amides is 1. The van der Waals surface area contributed by atoms with E-state index >= 15 is 0 Å². The number of aryl methyl sites for hydroxylation is 1. The zero-order valence-electron chi connectivity index (χ0n) is 13.2. The number of aromatic amines is 2. The molecule has 0 bridgehead atoms. The first-order chi connectivity index (χ1) is 11.7. The molecule has 4 rings (SSSR count). The van der Waals surface area contributed by atoms with Crippen molar-refractivity contribution in [3.63, 3.8) is 0 Å². The first-order valence-corrected chi connectivity index (χ1v) is 8.75. The van der Waals surface area contributed by atoms with Gasteiger partial charge in [-0.3, -0.25) is 9.89 Å². The molecule has 0 unspecified atom stereocenters. The number of hydrogen-bond donors (Lipinski definition) is 3. The fraction of sp³-hybridized carbons (Fsp3) is 0.312. The molecule has 1 aliphatic carbocycles. The largest absolute Gasteiger partial charge is 0.364 e. The number of H-pyrrole nitrogens is 2. The lowest BCUT2D eigenvalue weighted by molar-refractivity contribution is 0.0997. The van der Waals surface area contributed by atoms with Gasteiger partial charge in [-0.15, -0.1) is 0 Å². The molecule has 24 heavy (non-hydrogen) atoms. The van der Waals surface area contributed by atoms with Crippen molar-refractivity contribution in [2.24, 2.45) is 5.73 Å². The molecule has 0 atom stereocenters. The summed E-state index contributed by atoms with van der Waals surface area (Å²) in [5, 5.41) is 7.64. The second kappa shape index (κ2) is 5.79. The molecule has 3 aromatic rings. The van der Waals surface area contributed by atoms with Gasteiger partial charge in [0.15, 0.2) is 10.8 Å². The zero-order chi connectivity index (χ0) is 16.7. The second-order valence-electron chi connectivity index (χ2n) is 5.87. The highest BCUT2D eigenvalue weighted by molar-refractivity contribution is 7.19. The highest BCUT2D eigenvalue weighted by atomic mass is 32.1. The van der Waals surface area contributed by atoms with Gasteiger partial charge < -0.3 is 15.6 Å². The highest BCUT2D eigenvalue weighted by Gasteiger charge is 2.34. The standard InChI is InChI=1S/C16H18N6OS/c1-2-9-5-12(18-6-9)14-13(15(17)23)21-16(24-14)22(10-3-4-10)11-7-19-20-8-11/h5-8,10,18H,2-4H2,1H3,(H2,17,23)(H,19,20). The number of nitrogens with two attached hydrogens (primary N) is 1. The van der Waals surface area contributed by atoms with E-state index in [1.165, 1.54) is 16.9 Å². The Morgan fingerprint density at radius 1 is 1.46 bits per heavy atom. The molecule has 3 heterocycles. The minimum absolute atomic E-state index is 0.314. The van der Waals surface area contributed by atoms with E-state index in [-0.39, 0.29) is 0 Å². The van der Waals surface area contributed by atoms with Crippen LogP contribution >= 0.6 is 11.3 Å². The zero-order valence-corrected chi connectivity index (χ0v) is 14.1. The van der Waals surface area contributed by atoms with Gasteiger partial charge in [-0.1, -0.05) is 18.3 Å². The number of hydrogen-bond acceptors (Lipinski definition) is 5. The van der Waals surface area contributed by atoms with Crippen LogP contribution in [0.3, 0.4) is 0 Å². The second-order valence-corrected chi connectivity index (χ2v) is 6.85. The van der Waals surface area contributed by atoms with Crippen molar-refractivity contribution in [2.45, 2.75) is 32.2 Å². The quantitative estimate of drug-likeness (QED) is 0.641. The minimum atomic E-state index is -0.511. The number of aromatic nitrogens is 4. The molecule has 1 amide bonds. The Balaban J connectivity index is 1.79. The molecule has 0 saturated heterocycles. The van der Waals surface area contributed by atoms with E-state index in [9.17, 15) is 4.79 Å². The lowest BCUT2D eigenvalue weighted by atomic mass is 10.2. The third kappa shape index (κ3) is 2.58. The van der Waals surface area contributed by atoms with E-state index in [2.05, 4.69) is 32.0 Å². The van der Waals surface area contributed by atoms with Crippen LogP contribution < -0.4 is 10.6 Å². The first kappa shape index (κ1) is 14.9. The van der Waals surface area contributed by atoms with Gasteiger partial charge >= 0.3 is 0 Å². The summed E-state index contributed by atoms with van der Waals surface area (Å²) in [5.74, 6) is -0.511. The summed E-state index contributed by atoms with van der Waals surface area (Å²) in [4.78, 5) is 22.6. The number of anilines is 2. The van der Waals surface area contributed by atoms with Crippen molar-refractivity contribution in [1.29, 1.82) is 0 Å². The molecule has 3 aromatic heterocycles. The average molecular weight is 342 g/mol. The molecule has 0 radical (unpaired) electrons. The van der Waals surface area contributed by atoms with Gasteiger partial charge in [0.05, 0.1) is 22.5 Å². The first-order valence-electron chi connectivity index (χ1n) is 7.93. The Labute approximate surface area is 142 Å². The number of thiazole rings is 1. The molecule has 7 nitrogen and oxygen atoms in total. The molecular weight excluding hydrogens is 324 g/mol. The van der Waals surface area contributed by atoms with Gasteiger partial charge in [0.2, 0.25) is 0 Å². The Morgan fingerprint density at radius 3 is 2.88 bits per heavy atom. The van der Waals surface area contributed by atoms with Crippen molar-refractivity contribution >= 4 is 28.1 Å². The van der Waals surface area contributed by atoms with Crippen LogP contribution in [0, 0.1) is 0 Å². The van der Waals surface area contributed by atoms with Crippen LogP contribution in [0.4, 0.5) is 10.8 Å². The Kier molecular flexibility index (Phi) is 3.61. The van der Waals surface area contributed by atoms with Crippen molar-refractivity contribution < 1.29 is 4.79 Å². The molecule has 8 heteroatoms. The van der Waals surface area contributed by atoms with Crippen molar-refractivity contribution in [2.75, 3.05) is 4.90 Å². The van der Waals surface area contributed by atoms with Crippen LogP contribution in [0.1, 0.15) is 35.8 Å². The van der Waals surface area contributed by atoms with Crippen LogP contribution in [0.25, 0.3) is 10.6 Å². The topological polar surface area (TPSA) is 104 Å². The summed E-state index contributed by atoms with van der Waals surface area (Å²) >= 11 is 1.48. The smallest absolute Gasteiger partial charge is 0.268 e. The lowest BCUT2D eigenvalue weighted by Crippen LogP contribution is -2.19. The predicted octanol–water partition coefficient (Wildman–Crippen LogP) is 2.82. The van der Waals surface area contributed by atoms with E-state index < -0.39 is 5.91 Å². The number of carbonyl (C=O) groups excluding carboxylic acids is 1. The minimum Gasteiger partial charge on any atom is -0.364 e. The molecule has 4 N–H and O–H groups in total. The van der Waals surface area contributed by atoms with Crippen LogP contribution in [0.15, 0.2) is 24.7 Å². The highest BCUT2D eigenvalue weighted by Crippen LogP contribution is 2.42. The monoisotopic (exact) mass is 342 g/mol. The SMILES string of the molecule is CCc1c[nH]c(-c2sc(N(c3cn[nH]c3)C3CC3)nc2C(N)=O)c1. The van der Waals surface area contributed by atoms with Gasteiger partial charge in [-0.05, 0) is 30.9 Å². The van der Waals surface area contributed by atoms with E-state index in [4.69, 9.17) is 5.73 Å². The predicted molar refractivity (Wildman–Crippen MR) is 93.5 cm³/mol. The summed E-state index contributed by atoms with van der Waals surface area (Å²) in [5.41, 5.74) is 8.90. The van der Waals surface area contributed by atoms with Crippen LogP contribution in [0.5, 0.6) is 0 Å². The summed E-state index contributed by atoms with van der Waals surface area (Å²) in [7, 11) is 0. The van der Waals surface area contributed by atoms with Crippen molar-refractivity contribution in [1.82, 2.24) is 20.2 Å². The van der Waals surface area contributed by atoms with Gasteiger partial charge in [0.1, 0.15) is 0 Å². The summed E-state index contributed by atoms with van der Waals surface area (Å²) < 4.78 is 0. The maximum Gasteiger partial charge on any atom is 0.268 e. The van der Waals surface area contributed by atoms with Crippen LogP contribution in [-0.4, -0.2) is 32.1 Å². The fourth-order valence-corrected chi connectivity index (χ4v) is 3.86. The number of carbonyl (C=O) groups is 1. The number of nitrogens with one attached hydrogen (secondary N) is 2. The van der Waals surface area contributed by atoms with E-state index in [0.717, 1.165) is 40.7 Å². The summed E-state index contributed by atoms with van der Waals surface area (Å²) in [6.07, 6.45) is 8.70. The van der Waals surface area contributed by atoms with Gasteiger partial charge in [-0.25, -0.2) is 4.98 Å². The summed E-state index contributed by atoms with van der Waals surface area (Å²) in [6, 6.07) is 2.44. The molecular formula is C16H18N6OS. The molecule has 0 spiro atoms. The maximum atomic E-state index is 11.9. The Hall–Kier alpha value is -2.61. The molecule has 1 fully saturated rings. The summed E-state index contributed by atoms with van der Waals surface area (Å²) in [6.45, 7) is 2.09. The van der Waals surface area contributed by atoms with Crippen LogP contribution in [0.2, 0.25) is 0 Å². The van der Waals surface area contributed by atoms with Crippen molar-refractivity contribution in [3.8, 4) is 10.6 Å². The molecule has 1 aliphatic rings. The van der Waals surface area contributed by atoms with Crippen molar-refractivity contribution in [3.05, 3.63) is 35.9 Å². The molecule has 0 aromatic carbocycles. The lowest BCUT2D eigenvalue weighted by Gasteiger charge is -2.18. The molecule has 0 aliphatic heterocycles. The van der Waals surface area contributed by atoms with E-state index in [1.54, 1.807) is 6.20 Å². The fourth-order valence-electron chi connectivity index (χ4n) is 2.72. The Bertz CT molecular complexity index is 861.